The topological polar surface area (TPSA) is 110 Å². The fraction of sp³-hybridized carbons (Fsp3) is 0.455. The summed E-state index contributed by atoms with van der Waals surface area (Å²) >= 11 is 1.40. The molecule has 0 bridgehead atoms. The minimum atomic E-state index is -3.60. The summed E-state index contributed by atoms with van der Waals surface area (Å²) < 4.78 is 27.3. The normalized spacial score (nSPS) is 13.8. The van der Waals surface area contributed by atoms with Gasteiger partial charge >= 0.3 is 0 Å². The SMILES string of the molecule is CCCN(CCC)S(=O)(=O)c1ccc(C(=O)Nc2sc3c(c2C(N)=O)CCCC3)cc1. The molecule has 0 atom stereocenters. The molecule has 3 N–H and O–H groups in total. The standard InChI is InChI=1S/C22H29N3O4S2/c1-3-13-25(14-4-2)31(28,29)16-11-9-15(10-12-16)21(27)24-22-19(20(23)26)17-7-5-6-8-18(17)30-22/h9-12H,3-8,13-14H2,1-2H3,(H2,23,26)(H,24,27). The van der Waals surface area contributed by atoms with Crippen LogP contribution in [0.15, 0.2) is 29.2 Å². The van der Waals surface area contributed by atoms with E-state index in [4.69, 9.17) is 5.73 Å². The van der Waals surface area contributed by atoms with E-state index in [0.717, 1.165) is 49.0 Å². The number of thiophene rings is 1. The Morgan fingerprint density at radius 1 is 1.06 bits per heavy atom. The Kier molecular flexibility index (Phi) is 7.51. The lowest BCUT2D eigenvalue weighted by Crippen LogP contribution is -2.32. The minimum absolute atomic E-state index is 0.162. The van der Waals surface area contributed by atoms with Crippen LogP contribution in [-0.4, -0.2) is 37.6 Å². The highest BCUT2D eigenvalue weighted by Crippen LogP contribution is 2.38. The molecule has 7 nitrogen and oxygen atoms in total. The number of fused-ring (bicyclic) bond motifs is 1. The van der Waals surface area contributed by atoms with E-state index in [1.54, 1.807) is 0 Å². The number of primary amides is 1. The van der Waals surface area contributed by atoms with Crippen molar-refractivity contribution in [2.45, 2.75) is 57.3 Å². The molecule has 3 rings (SSSR count). The second-order valence-corrected chi connectivity index (χ2v) is 10.7. The van der Waals surface area contributed by atoms with Gasteiger partial charge in [0.25, 0.3) is 11.8 Å². The molecule has 0 saturated heterocycles. The summed E-state index contributed by atoms with van der Waals surface area (Å²) in [5.74, 6) is -0.938. The van der Waals surface area contributed by atoms with Gasteiger partial charge in [0.05, 0.1) is 10.5 Å². The summed E-state index contributed by atoms with van der Waals surface area (Å²) in [6.07, 6.45) is 5.19. The van der Waals surface area contributed by atoms with Crippen LogP contribution in [-0.2, 0) is 22.9 Å². The largest absolute Gasteiger partial charge is 0.365 e. The molecule has 0 radical (unpaired) electrons. The number of benzene rings is 1. The summed E-state index contributed by atoms with van der Waals surface area (Å²) in [4.78, 5) is 26.1. The molecule has 1 aliphatic rings. The van der Waals surface area contributed by atoms with Crippen LogP contribution in [0.2, 0.25) is 0 Å². The zero-order chi connectivity index (χ0) is 22.6. The van der Waals surface area contributed by atoms with E-state index in [2.05, 4.69) is 5.32 Å². The molecular formula is C22H29N3O4S2. The Balaban J connectivity index is 1.82. The predicted octanol–water partition coefficient (Wildman–Crippen LogP) is 3.79. The van der Waals surface area contributed by atoms with E-state index in [9.17, 15) is 18.0 Å². The van der Waals surface area contributed by atoms with Crippen LogP contribution in [0, 0.1) is 0 Å². The lowest BCUT2D eigenvalue weighted by molar-refractivity contribution is 0.100. The van der Waals surface area contributed by atoms with Gasteiger partial charge in [-0.05, 0) is 68.4 Å². The van der Waals surface area contributed by atoms with E-state index in [1.165, 1.54) is 39.9 Å². The molecular weight excluding hydrogens is 434 g/mol. The van der Waals surface area contributed by atoms with Crippen molar-refractivity contribution in [2.24, 2.45) is 5.73 Å². The van der Waals surface area contributed by atoms with E-state index in [-0.39, 0.29) is 4.90 Å². The number of nitrogens with one attached hydrogen (secondary N) is 1. The van der Waals surface area contributed by atoms with E-state index >= 15 is 0 Å². The molecule has 0 saturated carbocycles. The van der Waals surface area contributed by atoms with Gasteiger partial charge in [-0.2, -0.15) is 4.31 Å². The molecule has 0 unspecified atom stereocenters. The first kappa shape index (κ1) is 23.4. The third-order valence-electron chi connectivity index (χ3n) is 5.35. The number of carbonyl (C=O) groups is 2. The van der Waals surface area contributed by atoms with Crippen molar-refractivity contribution in [3.05, 3.63) is 45.8 Å². The van der Waals surface area contributed by atoms with Crippen molar-refractivity contribution in [3.8, 4) is 0 Å². The third kappa shape index (κ3) is 4.99. The zero-order valence-electron chi connectivity index (χ0n) is 17.9. The van der Waals surface area contributed by atoms with Crippen molar-refractivity contribution in [3.63, 3.8) is 0 Å². The van der Waals surface area contributed by atoms with Gasteiger partial charge in [0.15, 0.2) is 0 Å². The van der Waals surface area contributed by atoms with Gasteiger partial charge in [0.2, 0.25) is 10.0 Å². The second-order valence-electron chi connectivity index (χ2n) is 7.66. The van der Waals surface area contributed by atoms with Crippen molar-refractivity contribution < 1.29 is 18.0 Å². The van der Waals surface area contributed by atoms with Gasteiger partial charge < -0.3 is 11.1 Å². The molecule has 1 aromatic heterocycles. The summed E-state index contributed by atoms with van der Waals surface area (Å²) in [5, 5.41) is 3.28. The number of amides is 2. The number of anilines is 1. The Hall–Kier alpha value is -2.23. The summed E-state index contributed by atoms with van der Waals surface area (Å²) in [5.41, 5.74) is 7.26. The monoisotopic (exact) mass is 463 g/mol. The predicted molar refractivity (Wildman–Crippen MR) is 123 cm³/mol. The Morgan fingerprint density at radius 2 is 1.68 bits per heavy atom. The molecule has 0 spiro atoms. The fourth-order valence-corrected chi connectivity index (χ4v) is 6.78. The first-order valence-corrected chi connectivity index (χ1v) is 12.9. The van der Waals surface area contributed by atoms with E-state index < -0.39 is 21.8 Å². The van der Waals surface area contributed by atoms with Crippen molar-refractivity contribution >= 4 is 38.2 Å². The Labute approximate surface area is 187 Å². The van der Waals surface area contributed by atoms with Gasteiger partial charge in [0.1, 0.15) is 5.00 Å². The highest BCUT2D eigenvalue weighted by molar-refractivity contribution is 7.89. The first-order chi connectivity index (χ1) is 14.8. The Bertz CT molecular complexity index is 1050. The third-order valence-corrected chi connectivity index (χ3v) is 8.47. The Morgan fingerprint density at radius 3 is 2.26 bits per heavy atom. The lowest BCUT2D eigenvalue weighted by atomic mass is 9.95. The molecule has 2 aromatic rings. The van der Waals surface area contributed by atoms with Gasteiger partial charge in [-0.1, -0.05) is 13.8 Å². The highest BCUT2D eigenvalue weighted by Gasteiger charge is 2.26. The summed E-state index contributed by atoms with van der Waals surface area (Å²) in [7, 11) is -3.60. The molecule has 168 valence electrons. The number of hydrogen-bond donors (Lipinski definition) is 2. The fourth-order valence-electron chi connectivity index (χ4n) is 3.87. The van der Waals surface area contributed by atoms with E-state index in [0.29, 0.717) is 29.2 Å². The van der Waals surface area contributed by atoms with Crippen LogP contribution in [0.5, 0.6) is 0 Å². The first-order valence-electron chi connectivity index (χ1n) is 10.7. The molecule has 31 heavy (non-hydrogen) atoms. The molecule has 1 heterocycles. The maximum Gasteiger partial charge on any atom is 0.256 e. The zero-order valence-corrected chi connectivity index (χ0v) is 19.6. The van der Waals surface area contributed by atoms with E-state index in [1.807, 2.05) is 13.8 Å². The van der Waals surface area contributed by atoms with Crippen LogP contribution < -0.4 is 11.1 Å². The summed E-state index contributed by atoms with van der Waals surface area (Å²) in [6, 6.07) is 5.90. The maximum atomic E-state index is 12.9. The number of aryl methyl sites for hydroxylation is 1. The minimum Gasteiger partial charge on any atom is -0.365 e. The van der Waals surface area contributed by atoms with Gasteiger partial charge in [0, 0.05) is 23.5 Å². The average Bonchev–Trinajstić information content (AvgIpc) is 3.11. The van der Waals surface area contributed by atoms with Gasteiger partial charge in [-0.15, -0.1) is 11.3 Å². The number of carbonyl (C=O) groups excluding carboxylic acids is 2. The maximum absolute atomic E-state index is 12.9. The molecule has 0 fully saturated rings. The highest BCUT2D eigenvalue weighted by atomic mass is 32.2. The number of nitrogens with two attached hydrogens (primary N) is 1. The molecule has 9 heteroatoms. The number of nitrogens with zero attached hydrogens (tertiary/aromatic N) is 1. The number of hydrogen-bond acceptors (Lipinski definition) is 5. The average molecular weight is 464 g/mol. The van der Waals surface area contributed by atoms with Crippen LogP contribution in [0.25, 0.3) is 0 Å². The molecule has 2 amide bonds. The van der Waals surface area contributed by atoms with Crippen LogP contribution >= 0.6 is 11.3 Å². The van der Waals surface area contributed by atoms with Crippen LogP contribution in [0.4, 0.5) is 5.00 Å². The van der Waals surface area contributed by atoms with Crippen molar-refractivity contribution in [1.82, 2.24) is 4.31 Å². The van der Waals surface area contributed by atoms with Crippen LogP contribution in [0.1, 0.15) is 70.7 Å². The molecule has 1 aliphatic carbocycles. The summed E-state index contributed by atoms with van der Waals surface area (Å²) in [6.45, 7) is 4.79. The van der Waals surface area contributed by atoms with Crippen molar-refractivity contribution in [1.29, 1.82) is 0 Å². The quantitative estimate of drug-likeness (QED) is 0.589. The van der Waals surface area contributed by atoms with Crippen LogP contribution in [0.3, 0.4) is 0 Å². The second kappa shape index (κ2) is 9.93. The smallest absolute Gasteiger partial charge is 0.256 e. The van der Waals surface area contributed by atoms with Gasteiger partial charge in [-0.25, -0.2) is 8.42 Å². The number of sulfonamides is 1. The molecule has 0 aliphatic heterocycles. The number of rotatable bonds is 9. The van der Waals surface area contributed by atoms with Gasteiger partial charge in [-0.3, -0.25) is 9.59 Å². The molecule has 1 aromatic carbocycles. The van der Waals surface area contributed by atoms with Crippen molar-refractivity contribution in [2.75, 3.05) is 18.4 Å². The lowest BCUT2D eigenvalue weighted by Gasteiger charge is -2.21.